The molecule has 198 valence electrons. The highest BCUT2D eigenvalue weighted by atomic mass is 35.5. The number of methoxy groups -OCH3 is 1. The van der Waals surface area contributed by atoms with Crippen LogP contribution in [0.15, 0.2) is 72.9 Å². The molecule has 0 saturated carbocycles. The summed E-state index contributed by atoms with van der Waals surface area (Å²) >= 11 is 6.26. The van der Waals surface area contributed by atoms with Gasteiger partial charge in [-0.3, -0.25) is 0 Å². The van der Waals surface area contributed by atoms with Crippen LogP contribution in [-0.4, -0.2) is 29.4 Å². The summed E-state index contributed by atoms with van der Waals surface area (Å²) < 4.78 is 13.1. The summed E-state index contributed by atoms with van der Waals surface area (Å²) in [6, 6.07) is 21.7. The van der Waals surface area contributed by atoms with E-state index in [1.807, 2.05) is 81.6 Å². The highest BCUT2D eigenvalue weighted by Gasteiger charge is 2.19. The molecule has 7 heteroatoms. The van der Waals surface area contributed by atoms with E-state index in [4.69, 9.17) is 21.1 Å². The van der Waals surface area contributed by atoms with Gasteiger partial charge in [0.1, 0.15) is 17.2 Å². The number of ether oxygens (including phenoxy) is 2. The molecule has 0 amide bonds. The summed E-state index contributed by atoms with van der Waals surface area (Å²) in [7, 11) is 1.65. The van der Waals surface area contributed by atoms with E-state index in [0.29, 0.717) is 26.1 Å². The van der Waals surface area contributed by atoms with Gasteiger partial charge in [0.05, 0.1) is 19.4 Å². The second kappa shape index (κ2) is 12.1. The molecule has 0 saturated heterocycles. The Morgan fingerprint density at radius 3 is 2.37 bits per heavy atom. The van der Waals surface area contributed by atoms with Gasteiger partial charge in [0.2, 0.25) is 0 Å². The summed E-state index contributed by atoms with van der Waals surface area (Å²) in [5.74, 6) is 0.577. The number of hydrogen-bond acceptors (Lipinski definition) is 4. The first kappa shape index (κ1) is 27.1. The van der Waals surface area contributed by atoms with Gasteiger partial charge in [0, 0.05) is 30.0 Å². The molecule has 0 aliphatic heterocycles. The number of aromatic carboxylic acids is 1. The van der Waals surface area contributed by atoms with Crippen LogP contribution < -0.4 is 14.4 Å². The lowest BCUT2D eigenvalue weighted by Crippen LogP contribution is -2.16. The third kappa shape index (κ3) is 6.50. The van der Waals surface area contributed by atoms with Gasteiger partial charge in [-0.2, -0.15) is 0 Å². The minimum atomic E-state index is -0.966. The molecule has 0 aliphatic rings. The van der Waals surface area contributed by atoms with Crippen molar-refractivity contribution in [2.75, 3.05) is 18.6 Å². The Hall–Kier alpha value is -3.90. The number of benzene rings is 3. The minimum absolute atomic E-state index is 0.237. The predicted octanol–water partition coefficient (Wildman–Crippen LogP) is 7.58. The molecule has 6 nitrogen and oxygen atoms in total. The van der Waals surface area contributed by atoms with Crippen molar-refractivity contribution in [3.63, 3.8) is 0 Å². The topological polar surface area (TPSA) is 63.9 Å². The number of aryl methyl sites for hydroxylation is 4. The van der Waals surface area contributed by atoms with Crippen LogP contribution in [0.25, 0.3) is 0 Å². The van der Waals surface area contributed by atoms with Gasteiger partial charge in [-0.15, -0.1) is 0 Å². The predicted molar refractivity (Wildman–Crippen MR) is 152 cm³/mol. The zero-order valence-corrected chi connectivity index (χ0v) is 23.0. The van der Waals surface area contributed by atoms with Crippen molar-refractivity contribution in [3.05, 3.63) is 106 Å². The Balaban J connectivity index is 1.56. The van der Waals surface area contributed by atoms with Crippen LogP contribution in [0.3, 0.4) is 0 Å². The Bertz CT molecular complexity index is 1410. The first-order valence-electron chi connectivity index (χ1n) is 12.6. The standard InChI is InChI=1S/C31H33ClN2O4/c1-21-8-5-10-25(14-21)34(19-24-9-6-11-27(17-24)37-4)26-18-29(31(35)36)33(20-26)12-7-13-38-28-15-22(2)30(32)23(3)16-28/h5-6,8-11,14-18,20H,7,12-13,19H2,1-4H3,(H,35,36). The maximum absolute atomic E-state index is 12.2. The fraction of sp³-hybridized carbons (Fsp3) is 0.258. The molecular weight excluding hydrogens is 500 g/mol. The second-order valence-electron chi connectivity index (χ2n) is 9.43. The van der Waals surface area contributed by atoms with Crippen molar-refractivity contribution in [1.29, 1.82) is 0 Å². The molecule has 0 atom stereocenters. The molecule has 1 N–H and O–H groups in total. The molecular formula is C31H33ClN2O4. The lowest BCUT2D eigenvalue weighted by Gasteiger charge is -2.24. The molecule has 4 rings (SSSR count). The summed E-state index contributed by atoms with van der Waals surface area (Å²) in [5.41, 5.74) is 6.15. The van der Waals surface area contributed by atoms with Crippen LogP contribution in [-0.2, 0) is 13.1 Å². The first-order chi connectivity index (χ1) is 18.2. The summed E-state index contributed by atoms with van der Waals surface area (Å²) in [5, 5.41) is 10.7. The largest absolute Gasteiger partial charge is 0.497 e. The van der Waals surface area contributed by atoms with Gasteiger partial charge in [0.25, 0.3) is 0 Å². The molecule has 0 aliphatic carbocycles. The van der Waals surface area contributed by atoms with E-state index in [1.54, 1.807) is 17.7 Å². The van der Waals surface area contributed by atoms with Crippen molar-refractivity contribution in [1.82, 2.24) is 4.57 Å². The number of halogens is 1. The van der Waals surface area contributed by atoms with Crippen LogP contribution >= 0.6 is 11.6 Å². The van der Waals surface area contributed by atoms with Crippen molar-refractivity contribution in [2.24, 2.45) is 0 Å². The molecule has 0 fully saturated rings. The Kier molecular flexibility index (Phi) is 8.64. The van der Waals surface area contributed by atoms with Gasteiger partial charge in [-0.05, 0) is 91.9 Å². The van der Waals surface area contributed by atoms with Crippen molar-refractivity contribution >= 4 is 28.9 Å². The van der Waals surface area contributed by atoms with Gasteiger partial charge in [-0.1, -0.05) is 35.9 Å². The van der Waals surface area contributed by atoms with Gasteiger partial charge < -0.3 is 24.0 Å². The lowest BCUT2D eigenvalue weighted by atomic mass is 10.1. The zero-order chi connectivity index (χ0) is 27.2. The molecule has 0 bridgehead atoms. The van der Waals surface area contributed by atoms with Crippen LogP contribution in [0.2, 0.25) is 5.02 Å². The fourth-order valence-corrected chi connectivity index (χ4v) is 4.61. The average molecular weight is 533 g/mol. The van der Waals surface area contributed by atoms with E-state index in [-0.39, 0.29) is 5.69 Å². The number of rotatable bonds is 11. The molecule has 3 aromatic carbocycles. The molecule has 1 aromatic heterocycles. The van der Waals surface area contributed by atoms with Gasteiger partial charge >= 0.3 is 5.97 Å². The lowest BCUT2D eigenvalue weighted by molar-refractivity contribution is 0.0684. The van der Waals surface area contributed by atoms with Crippen molar-refractivity contribution in [3.8, 4) is 11.5 Å². The quantitative estimate of drug-likeness (QED) is 0.202. The third-order valence-corrected chi connectivity index (χ3v) is 7.02. The average Bonchev–Trinajstić information content (AvgIpc) is 3.32. The smallest absolute Gasteiger partial charge is 0.352 e. The zero-order valence-electron chi connectivity index (χ0n) is 22.2. The molecule has 4 aromatic rings. The summed E-state index contributed by atoms with van der Waals surface area (Å²) in [4.78, 5) is 14.3. The fourth-order valence-electron chi connectivity index (χ4n) is 4.50. The Morgan fingerprint density at radius 2 is 1.68 bits per heavy atom. The summed E-state index contributed by atoms with van der Waals surface area (Å²) in [6.07, 6.45) is 2.55. The Labute approximate surface area is 229 Å². The second-order valence-corrected chi connectivity index (χ2v) is 9.81. The molecule has 0 spiro atoms. The van der Waals surface area contributed by atoms with E-state index in [9.17, 15) is 9.90 Å². The number of carboxylic acid groups (broad SMARTS) is 1. The summed E-state index contributed by atoms with van der Waals surface area (Å²) in [6.45, 7) is 7.47. The maximum atomic E-state index is 12.2. The monoisotopic (exact) mass is 532 g/mol. The third-order valence-electron chi connectivity index (χ3n) is 6.42. The molecule has 38 heavy (non-hydrogen) atoms. The number of hydrogen-bond donors (Lipinski definition) is 1. The highest BCUT2D eigenvalue weighted by Crippen LogP contribution is 2.31. The SMILES string of the molecule is COc1cccc(CN(c2cccc(C)c2)c2cc(C(=O)O)n(CCCOc3cc(C)c(Cl)c(C)c3)c2)c1. The number of carboxylic acids is 1. The molecule has 1 heterocycles. The van der Waals surface area contributed by atoms with Crippen LogP contribution in [0, 0.1) is 20.8 Å². The highest BCUT2D eigenvalue weighted by molar-refractivity contribution is 6.32. The van der Waals surface area contributed by atoms with Crippen LogP contribution in [0.4, 0.5) is 11.4 Å². The van der Waals surface area contributed by atoms with Crippen LogP contribution in [0.1, 0.15) is 39.2 Å². The molecule has 0 unspecified atom stereocenters. The molecule has 0 radical (unpaired) electrons. The van der Waals surface area contributed by atoms with Crippen molar-refractivity contribution < 1.29 is 19.4 Å². The number of nitrogens with zero attached hydrogens (tertiary/aromatic N) is 2. The number of carbonyl (C=O) groups is 1. The minimum Gasteiger partial charge on any atom is -0.497 e. The van der Waals surface area contributed by atoms with Crippen molar-refractivity contribution in [2.45, 2.75) is 40.3 Å². The maximum Gasteiger partial charge on any atom is 0.352 e. The van der Waals surface area contributed by atoms with E-state index in [1.165, 1.54) is 0 Å². The van der Waals surface area contributed by atoms with Gasteiger partial charge in [-0.25, -0.2) is 4.79 Å². The van der Waals surface area contributed by atoms with Gasteiger partial charge in [0.15, 0.2) is 0 Å². The van der Waals surface area contributed by atoms with Crippen LogP contribution in [0.5, 0.6) is 11.5 Å². The van der Waals surface area contributed by atoms with E-state index >= 15 is 0 Å². The number of aromatic nitrogens is 1. The Morgan fingerprint density at radius 1 is 0.947 bits per heavy atom. The van der Waals surface area contributed by atoms with E-state index in [2.05, 4.69) is 11.0 Å². The van der Waals surface area contributed by atoms with E-state index in [0.717, 1.165) is 50.2 Å². The normalized spacial score (nSPS) is 10.9. The number of anilines is 2. The first-order valence-corrected chi connectivity index (χ1v) is 12.9. The van der Waals surface area contributed by atoms with E-state index < -0.39 is 5.97 Å².